The number of aromatic nitrogens is 1. The Morgan fingerprint density at radius 3 is 2.13 bits per heavy atom. The average molecular weight is 227 g/mol. The maximum Gasteiger partial charge on any atom is 0.193 e. The Hall–Kier alpha value is -0.900. The van der Waals surface area contributed by atoms with Crippen LogP contribution in [0.15, 0.2) is 17.3 Å². The molecule has 0 saturated heterocycles. The molecule has 1 rings (SSSR count). The Kier molecular flexibility index (Phi) is 2.92. The van der Waals surface area contributed by atoms with Crippen LogP contribution in [-0.4, -0.2) is 19.7 Å². The third-order valence-corrected chi connectivity index (χ3v) is 3.24. The van der Waals surface area contributed by atoms with Crippen molar-refractivity contribution >= 4 is 9.84 Å². The zero-order chi connectivity index (χ0) is 11.9. The van der Waals surface area contributed by atoms with Crippen molar-refractivity contribution in [2.24, 2.45) is 0 Å². The molecule has 1 heterocycles. The third-order valence-electron chi connectivity index (χ3n) is 2.23. The van der Waals surface area contributed by atoms with E-state index in [1.54, 1.807) is 6.20 Å². The van der Waals surface area contributed by atoms with Crippen LogP contribution in [0.3, 0.4) is 0 Å². The van der Waals surface area contributed by atoms with E-state index in [2.05, 4.69) is 4.98 Å². The summed E-state index contributed by atoms with van der Waals surface area (Å²) in [5, 5.41) is 0.204. The van der Waals surface area contributed by atoms with E-state index in [0.29, 0.717) is 0 Å². The molecule has 4 heteroatoms. The Labute approximate surface area is 91.5 Å². The molecule has 0 spiro atoms. The molecule has 0 aromatic carbocycles. The molecule has 0 aliphatic rings. The normalized spacial score (nSPS) is 12.9. The lowest BCUT2D eigenvalue weighted by atomic mass is 9.85. The predicted octanol–water partition coefficient (Wildman–Crippen LogP) is 2.09. The van der Waals surface area contributed by atoms with Gasteiger partial charge in [-0.1, -0.05) is 20.8 Å². The van der Waals surface area contributed by atoms with Gasteiger partial charge in [0.25, 0.3) is 0 Å². The van der Waals surface area contributed by atoms with Crippen LogP contribution in [0.2, 0.25) is 0 Å². The molecular formula is C11H17NO2S. The van der Waals surface area contributed by atoms with Crippen molar-refractivity contribution in [3.8, 4) is 0 Å². The van der Waals surface area contributed by atoms with Crippen molar-refractivity contribution in [3.63, 3.8) is 0 Å². The number of rotatable bonds is 1. The minimum atomic E-state index is -3.25. The van der Waals surface area contributed by atoms with Gasteiger partial charge in [-0.2, -0.15) is 0 Å². The fourth-order valence-corrected chi connectivity index (χ4v) is 2.82. The van der Waals surface area contributed by atoms with Crippen LogP contribution >= 0.6 is 0 Å². The molecule has 1 aromatic heterocycles. The summed E-state index contributed by atoms with van der Waals surface area (Å²) in [5.41, 5.74) is 1.57. The standard InChI is InChI=1S/C11H17NO2S/c1-8-6-7-12-10(15(5,13)14)9(8)11(2,3)4/h6-7H,1-5H3. The highest BCUT2D eigenvalue weighted by molar-refractivity contribution is 7.90. The Morgan fingerprint density at radius 2 is 1.80 bits per heavy atom. The number of hydrogen-bond acceptors (Lipinski definition) is 3. The van der Waals surface area contributed by atoms with Crippen molar-refractivity contribution in [2.75, 3.05) is 6.26 Å². The highest BCUT2D eigenvalue weighted by atomic mass is 32.2. The third kappa shape index (κ3) is 2.56. The molecule has 0 atom stereocenters. The monoisotopic (exact) mass is 227 g/mol. The molecule has 0 unspecified atom stereocenters. The Morgan fingerprint density at radius 1 is 1.27 bits per heavy atom. The van der Waals surface area contributed by atoms with E-state index in [1.807, 2.05) is 33.8 Å². The number of sulfone groups is 1. The van der Waals surface area contributed by atoms with Crippen molar-refractivity contribution < 1.29 is 8.42 Å². The van der Waals surface area contributed by atoms with Gasteiger partial charge in [0.05, 0.1) is 0 Å². The number of nitrogens with zero attached hydrogens (tertiary/aromatic N) is 1. The van der Waals surface area contributed by atoms with Crippen molar-refractivity contribution in [2.45, 2.75) is 38.1 Å². The second kappa shape index (κ2) is 3.59. The van der Waals surface area contributed by atoms with Gasteiger partial charge in [0, 0.05) is 12.5 Å². The van der Waals surface area contributed by atoms with Gasteiger partial charge in [-0.3, -0.25) is 0 Å². The maximum atomic E-state index is 11.6. The first kappa shape index (κ1) is 12.2. The van der Waals surface area contributed by atoms with Crippen molar-refractivity contribution in [1.29, 1.82) is 0 Å². The summed E-state index contributed by atoms with van der Waals surface area (Å²) in [6.07, 6.45) is 2.74. The minimum absolute atomic E-state index is 0.204. The van der Waals surface area contributed by atoms with E-state index in [0.717, 1.165) is 11.1 Å². The molecular weight excluding hydrogens is 210 g/mol. The topological polar surface area (TPSA) is 47.0 Å². The molecule has 0 amide bonds. The summed E-state index contributed by atoms with van der Waals surface area (Å²) in [6.45, 7) is 7.89. The van der Waals surface area contributed by atoms with Crippen molar-refractivity contribution in [1.82, 2.24) is 4.98 Å². The highest BCUT2D eigenvalue weighted by Crippen LogP contribution is 2.30. The Balaban J connectivity index is 3.63. The van der Waals surface area contributed by atoms with Gasteiger partial charge in [-0.15, -0.1) is 0 Å². The van der Waals surface area contributed by atoms with E-state index in [9.17, 15) is 8.42 Å². The van der Waals surface area contributed by atoms with E-state index >= 15 is 0 Å². The number of pyridine rings is 1. The van der Waals surface area contributed by atoms with E-state index in [1.165, 1.54) is 6.26 Å². The SMILES string of the molecule is Cc1ccnc(S(C)(=O)=O)c1C(C)(C)C. The van der Waals surface area contributed by atoms with E-state index in [4.69, 9.17) is 0 Å². The quantitative estimate of drug-likeness (QED) is 0.738. The summed E-state index contributed by atoms with van der Waals surface area (Å²) < 4.78 is 23.2. The van der Waals surface area contributed by atoms with Gasteiger partial charge in [0.1, 0.15) is 0 Å². The van der Waals surface area contributed by atoms with Crippen LogP contribution in [0.1, 0.15) is 31.9 Å². The molecule has 15 heavy (non-hydrogen) atoms. The molecule has 0 aliphatic heterocycles. The van der Waals surface area contributed by atoms with Crippen LogP contribution < -0.4 is 0 Å². The predicted molar refractivity (Wildman–Crippen MR) is 60.8 cm³/mol. The fourth-order valence-electron chi connectivity index (χ4n) is 1.73. The second-order valence-electron chi connectivity index (χ2n) is 4.83. The fraction of sp³-hybridized carbons (Fsp3) is 0.545. The van der Waals surface area contributed by atoms with Gasteiger partial charge in [0.2, 0.25) is 0 Å². The molecule has 1 aromatic rings. The second-order valence-corrected chi connectivity index (χ2v) is 6.76. The number of aryl methyl sites for hydroxylation is 1. The lowest BCUT2D eigenvalue weighted by molar-refractivity contribution is 0.551. The van der Waals surface area contributed by atoms with Gasteiger partial charge in [-0.25, -0.2) is 13.4 Å². The van der Waals surface area contributed by atoms with Gasteiger partial charge < -0.3 is 0 Å². The summed E-state index contributed by atoms with van der Waals surface area (Å²) in [7, 11) is -3.25. The van der Waals surface area contributed by atoms with Gasteiger partial charge in [-0.05, 0) is 29.5 Å². The molecule has 0 saturated carbocycles. The summed E-state index contributed by atoms with van der Waals surface area (Å²) in [5.74, 6) is 0. The van der Waals surface area contributed by atoms with Crippen LogP contribution in [0.4, 0.5) is 0 Å². The number of hydrogen-bond donors (Lipinski definition) is 0. The maximum absolute atomic E-state index is 11.6. The van der Waals surface area contributed by atoms with Crippen LogP contribution in [0, 0.1) is 6.92 Å². The van der Waals surface area contributed by atoms with Gasteiger partial charge >= 0.3 is 0 Å². The smallest absolute Gasteiger partial charge is 0.193 e. The largest absolute Gasteiger partial charge is 0.244 e. The zero-order valence-electron chi connectivity index (χ0n) is 9.83. The molecule has 84 valence electrons. The molecule has 0 fully saturated rings. The first-order valence-corrected chi connectivity index (χ1v) is 6.69. The lowest BCUT2D eigenvalue weighted by Crippen LogP contribution is -2.19. The first-order valence-electron chi connectivity index (χ1n) is 4.80. The van der Waals surface area contributed by atoms with Crippen LogP contribution in [0.25, 0.3) is 0 Å². The summed E-state index contributed by atoms with van der Waals surface area (Å²) in [4.78, 5) is 3.99. The van der Waals surface area contributed by atoms with Crippen molar-refractivity contribution in [3.05, 3.63) is 23.4 Å². The molecule has 0 bridgehead atoms. The van der Waals surface area contributed by atoms with Crippen LogP contribution in [0.5, 0.6) is 0 Å². The molecule has 0 aliphatic carbocycles. The molecule has 0 radical (unpaired) electrons. The Bertz CT molecular complexity index is 470. The minimum Gasteiger partial charge on any atom is -0.244 e. The first-order chi connectivity index (χ1) is 6.64. The van der Waals surface area contributed by atoms with Gasteiger partial charge in [0.15, 0.2) is 14.9 Å². The van der Waals surface area contributed by atoms with E-state index in [-0.39, 0.29) is 10.4 Å². The summed E-state index contributed by atoms with van der Waals surface area (Å²) in [6, 6.07) is 1.84. The molecule has 3 nitrogen and oxygen atoms in total. The zero-order valence-corrected chi connectivity index (χ0v) is 10.6. The highest BCUT2D eigenvalue weighted by Gasteiger charge is 2.25. The lowest BCUT2D eigenvalue weighted by Gasteiger charge is -2.23. The average Bonchev–Trinajstić information content (AvgIpc) is 1.99. The molecule has 0 N–H and O–H groups in total. The summed E-state index contributed by atoms with van der Waals surface area (Å²) >= 11 is 0. The van der Waals surface area contributed by atoms with E-state index < -0.39 is 9.84 Å². The van der Waals surface area contributed by atoms with Crippen LogP contribution in [-0.2, 0) is 15.3 Å².